The Morgan fingerprint density at radius 1 is 0.979 bits per heavy atom. The second-order valence-electron chi connectivity index (χ2n) is 12.7. The molecule has 4 heterocycles. The summed E-state index contributed by atoms with van der Waals surface area (Å²) in [6.07, 6.45) is 8.24. The summed E-state index contributed by atoms with van der Waals surface area (Å²) >= 11 is 0. The highest BCUT2D eigenvalue weighted by Gasteiger charge is 2.48. The Labute approximate surface area is 276 Å². The van der Waals surface area contributed by atoms with Crippen molar-refractivity contribution in [3.8, 4) is 17.1 Å². The number of para-hydroxylation sites is 1. The third-order valence-corrected chi connectivity index (χ3v) is 11.6. The van der Waals surface area contributed by atoms with Crippen LogP contribution in [0.5, 0.6) is 0 Å². The molecule has 0 amide bonds. The van der Waals surface area contributed by atoms with E-state index in [0.29, 0.717) is 22.4 Å². The maximum Gasteiger partial charge on any atom is 0.311 e. The maximum absolute atomic E-state index is 14.8. The van der Waals surface area contributed by atoms with Crippen LogP contribution in [0.25, 0.3) is 39.1 Å². The molecule has 244 valence electrons. The zero-order valence-electron chi connectivity index (χ0n) is 26.4. The molecule has 4 aromatic heterocycles. The average molecular weight is 665 g/mol. The lowest BCUT2D eigenvalue weighted by Gasteiger charge is -2.47. The van der Waals surface area contributed by atoms with Crippen LogP contribution in [0.1, 0.15) is 31.2 Å². The summed E-state index contributed by atoms with van der Waals surface area (Å²) in [5, 5.41) is 3.92. The quantitative estimate of drug-likeness (QED) is 0.192. The lowest BCUT2D eigenvalue weighted by molar-refractivity contribution is -0.152. The van der Waals surface area contributed by atoms with Crippen molar-refractivity contribution in [1.82, 2.24) is 23.5 Å². The van der Waals surface area contributed by atoms with Crippen molar-refractivity contribution in [2.45, 2.75) is 43.5 Å². The van der Waals surface area contributed by atoms with Crippen LogP contribution in [0, 0.1) is 30.5 Å². The molecule has 3 aliphatic carbocycles. The Morgan fingerprint density at radius 3 is 2.44 bits per heavy atom. The predicted molar refractivity (Wildman–Crippen MR) is 180 cm³/mol. The molecule has 0 radical (unpaired) electrons. The number of aromatic nitrogens is 5. The lowest BCUT2D eigenvalue weighted by Crippen LogP contribution is -2.51. The Balaban J connectivity index is 1.33. The Kier molecular flexibility index (Phi) is 7.28. The van der Waals surface area contributed by atoms with Crippen LogP contribution >= 0.6 is 0 Å². The number of halogens is 1. The first-order valence-electron chi connectivity index (χ1n) is 16.0. The summed E-state index contributed by atoms with van der Waals surface area (Å²) in [6, 6.07) is 19.2. The van der Waals surface area contributed by atoms with Gasteiger partial charge >= 0.3 is 5.97 Å². The zero-order valence-corrected chi connectivity index (χ0v) is 27.2. The largest absolute Gasteiger partial charge is 0.469 e. The molecule has 2 unspecified atom stereocenters. The van der Waals surface area contributed by atoms with Gasteiger partial charge in [0.15, 0.2) is 17.3 Å². The molecule has 9 rings (SSSR count). The van der Waals surface area contributed by atoms with Gasteiger partial charge in [0.1, 0.15) is 11.3 Å². The van der Waals surface area contributed by atoms with Gasteiger partial charge in [0.2, 0.25) is 0 Å². The molecule has 3 aliphatic rings. The molecule has 3 fully saturated rings. The number of anilines is 1. The van der Waals surface area contributed by atoms with Crippen LogP contribution in [0.15, 0.2) is 90.2 Å². The molecular weight excluding hydrogens is 631 g/mol. The fourth-order valence-electron chi connectivity index (χ4n) is 7.60. The highest BCUT2D eigenvalue weighted by molar-refractivity contribution is 7.90. The Morgan fingerprint density at radius 2 is 1.71 bits per heavy atom. The third kappa shape index (κ3) is 4.93. The summed E-state index contributed by atoms with van der Waals surface area (Å²) in [5.41, 5.74) is 3.47. The van der Waals surface area contributed by atoms with Crippen molar-refractivity contribution in [1.29, 1.82) is 0 Å². The normalized spacial score (nSPS) is 20.7. The summed E-state index contributed by atoms with van der Waals surface area (Å²) in [5.74, 6) is -0.0661. The fraction of sp³-hybridized carbons (Fsp3) is 0.278. The lowest BCUT2D eigenvalue weighted by atomic mass is 9.61. The molecule has 10 nitrogen and oxygen atoms in total. The van der Waals surface area contributed by atoms with Gasteiger partial charge in [0, 0.05) is 35.1 Å². The minimum atomic E-state index is -4.11. The number of hydrogen-bond donors (Lipinski definition) is 1. The summed E-state index contributed by atoms with van der Waals surface area (Å²) < 4.78 is 50.9. The first kappa shape index (κ1) is 30.2. The van der Waals surface area contributed by atoms with Crippen LogP contribution in [-0.4, -0.2) is 51.0 Å². The number of hydrogen-bond acceptors (Lipinski definition) is 8. The van der Waals surface area contributed by atoms with E-state index in [1.54, 1.807) is 12.1 Å². The van der Waals surface area contributed by atoms with E-state index >= 15 is 0 Å². The summed E-state index contributed by atoms with van der Waals surface area (Å²) in [7, 11) is -2.68. The highest BCUT2D eigenvalue weighted by Crippen LogP contribution is 2.47. The monoisotopic (exact) mass is 664 g/mol. The number of nitrogens with zero attached hydrogens (tertiary/aromatic N) is 5. The topological polar surface area (TPSA) is 121 Å². The van der Waals surface area contributed by atoms with Crippen molar-refractivity contribution in [3.63, 3.8) is 0 Å². The van der Waals surface area contributed by atoms with E-state index in [1.165, 1.54) is 31.5 Å². The standard InChI is InChI=1S/C36H33FN6O4S/c1-21-8-14-26(15-9-21)48(45,46)43-20-28(27-18-24(37)19-38-35(27)43)33-39-29-16-17-42(25-6-4-3-5-7-25)32(29)34(41-33)40-31-23-12-10-22(11-13-23)30(31)36(44)47-2/h3-9,14-20,22-23,30-31H,10-13H2,1-2H3,(H,39,40,41). The molecule has 2 atom stereocenters. The SMILES string of the molecule is COC(=O)C1C2CCC(CC2)C1Nc1nc(-c2cn(S(=O)(=O)c3ccc(C)cc3)c3ncc(F)cc23)nc2ccn(-c3ccccc3)c12. The second-order valence-corrected chi connectivity index (χ2v) is 14.5. The van der Waals surface area contributed by atoms with Crippen LogP contribution in [0.3, 0.4) is 0 Å². The summed E-state index contributed by atoms with van der Waals surface area (Å²) in [6.45, 7) is 1.87. The minimum Gasteiger partial charge on any atom is -0.469 e. The van der Waals surface area contributed by atoms with Crippen LogP contribution in [0.4, 0.5) is 10.2 Å². The van der Waals surface area contributed by atoms with E-state index in [-0.39, 0.29) is 51.5 Å². The molecule has 2 bridgehead atoms. The van der Waals surface area contributed by atoms with E-state index in [9.17, 15) is 17.6 Å². The number of esters is 1. The molecule has 6 aromatic rings. The number of aryl methyl sites for hydroxylation is 1. The van der Waals surface area contributed by atoms with Gasteiger partial charge in [-0.25, -0.2) is 31.7 Å². The van der Waals surface area contributed by atoms with Gasteiger partial charge in [-0.3, -0.25) is 4.79 Å². The highest BCUT2D eigenvalue weighted by atomic mass is 32.2. The number of benzene rings is 2. The first-order valence-corrected chi connectivity index (χ1v) is 17.4. The van der Waals surface area contributed by atoms with Crippen molar-refractivity contribution < 1.29 is 22.3 Å². The van der Waals surface area contributed by atoms with Gasteiger partial charge in [-0.05, 0) is 80.8 Å². The van der Waals surface area contributed by atoms with Gasteiger partial charge < -0.3 is 14.6 Å². The second kappa shape index (κ2) is 11.6. The van der Waals surface area contributed by atoms with Gasteiger partial charge in [-0.2, -0.15) is 0 Å². The molecule has 12 heteroatoms. The molecule has 1 N–H and O–H groups in total. The molecule has 3 saturated carbocycles. The maximum atomic E-state index is 14.8. The smallest absolute Gasteiger partial charge is 0.311 e. The van der Waals surface area contributed by atoms with E-state index in [0.717, 1.165) is 47.1 Å². The molecule has 48 heavy (non-hydrogen) atoms. The molecular formula is C36H33FN6O4S. The van der Waals surface area contributed by atoms with Crippen molar-refractivity contribution >= 4 is 43.9 Å². The van der Waals surface area contributed by atoms with Gasteiger partial charge in [0.05, 0.1) is 29.6 Å². The van der Waals surface area contributed by atoms with E-state index in [1.807, 2.05) is 54.1 Å². The fourth-order valence-corrected chi connectivity index (χ4v) is 8.92. The average Bonchev–Trinajstić information content (AvgIpc) is 3.71. The Hall–Kier alpha value is -5.10. The van der Waals surface area contributed by atoms with Crippen molar-refractivity contribution in [3.05, 3.63) is 96.7 Å². The number of nitrogens with one attached hydrogen (secondary N) is 1. The van der Waals surface area contributed by atoms with E-state index in [2.05, 4.69) is 10.3 Å². The van der Waals surface area contributed by atoms with E-state index < -0.39 is 15.8 Å². The van der Waals surface area contributed by atoms with Gasteiger partial charge in [0.25, 0.3) is 10.0 Å². The zero-order chi connectivity index (χ0) is 33.2. The van der Waals surface area contributed by atoms with Gasteiger partial charge in [-0.1, -0.05) is 35.9 Å². The van der Waals surface area contributed by atoms with E-state index in [4.69, 9.17) is 14.7 Å². The number of pyridine rings is 1. The number of fused-ring (bicyclic) bond motifs is 5. The number of carbonyl (C=O) groups is 1. The third-order valence-electron chi connectivity index (χ3n) is 9.96. The van der Waals surface area contributed by atoms with Crippen molar-refractivity contribution in [2.75, 3.05) is 12.4 Å². The molecule has 0 spiro atoms. The summed E-state index contributed by atoms with van der Waals surface area (Å²) in [4.78, 5) is 27.4. The number of methoxy groups -OCH3 is 1. The molecule has 0 saturated heterocycles. The molecule has 0 aliphatic heterocycles. The van der Waals surface area contributed by atoms with Crippen molar-refractivity contribution in [2.24, 2.45) is 17.8 Å². The Bertz CT molecular complexity index is 2290. The van der Waals surface area contributed by atoms with Crippen LogP contribution < -0.4 is 5.32 Å². The molecule has 2 aromatic carbocycles. The first-order chi connectivity index (χ1) is 23.2. The number of rotatable bonds is 7. The van der Waals surface area contributed by atoms with Gasteiger partial charge in [-0.15, -0.1) is 0 Å². The number of ether oxygens (including phenoxy) is 1. The predicted octanol–water partition coefficient (Wildman–Crippen LogP) is 6.51. The minimum absolute atomic E-state index is 0.0578. The van der Waals surface area contributed by atoms with Crippen LogP contribution in [0.2, 0.25) is 0 Å². The van der Waals surface area contributed by atoms with Crippen LogP contribution in [-0.2, 0) is 19.6 Å². The number of carbonyl (C=O) groups excluding carboxylic acids is 1.